The van der Waals surface area contributed by atoms with Crippen LogP contribution in [0.2, 0.25) is 0 Å². The number of benzene rings is 1. The van der Waals surface area contributed by atoms with Crippen molar-refractivity contribution in [2.24, 2.45) is 0 Å². The second-order valence-corrected chi connectivity index (χ2v) is 4.18. The van der Waals surface area contributed by atoms with Crippen LogP contribution in [-0.4, -0.2) is 23.2 Å². The van der Waals surface area contributed by atoms with Gasteiger partial charge < -0.3 is 14.6 Å². The zero-order valence-electron chi connectivity index (χ0n) is 10.7. The number of nitrogens with zero attached hydrogens (tertiary/aromatic N) is 2. The molecule has 0 saturated heterocycles. The van der Waals surface area contributed by atoms with Crippen LogP contribution < -0.4 is 10.1 Å². The number of rotatable bonds is 7. The molecule has 96 valence electrons. The summed E-state index contributed by atoms with van der Waals surface area (Å²) in [5.74, 6) is 0.938. The molecule has 0 spiro atoms. The van der Waals surface area contributed by atoms with Crippen molar-refractivity contribution in [2.45, 2.75) is 19.5 Å². The van der Waals surface area contributed by atoms with Crippen molar-refractivity contribution >= 4 is 0 Å². The maximum atomic E-state index is 5.73. The zero-order chi connectivity index (χ0) is 12.6. The van der Waals surface area contributed by atoms with Gasteiger partial charge in [0.1, 0.15) is 5.75 Å². The normalized spacial score (nSPS) is 10.5. The molecule has 1 N–H and O–H groups in total. The third kappa shape index (κ3) is 3.89. The number of aromatic nitrogens is 2. The van der Waals surface area contributed by atoms with Crippen LogP contribution in [-0.2, 0) is 13.1 Å². The van der Waals surface area contributed by atoms with E-state index < -0.39 is 0 Å². The van der Waals surface area contributed by atoms with E-state index >= 15 is 0 Å². The molecular weight excluding hydrogens is 226 g/mol. The van der Waals surface area contributed by atoms with Gasteiger partial charge in [-0.25, -0.2) is 4.98 Å². The van der Waals surface area contributed by atoms with Gasteiger partial charge in [-0.05, 0) is 31.2 Å². The highest BCUT2D eigenvalue weighted by atomic mass is 16.5. The van der Waals surface area contributed by atoms with Crippen LogP contribution in [0.25, 0.3) is 0 Å². The first-order valence-corrected chi connectivity index (χ1v) is 6.20. The Bertz CT molecular complexity index is 454. The zero-order valence-corrected chi connectivity index (χ0v) is 10.7. The number of imidazole rings is 1. The largest absolute Gasteiger partial charge is 0.494 e. The molecule has 0 aliphatic heterocycles. The fourth-order valence-corrected chi connectivity index (χ4v) is 1.81. The Morgan fingerprint density at radius 2 is 2.33 bits per heavy atom. The molecule has 2 rings (SSSR count). The molecule has 0 bridgehead atoms. The Morgan fingerprint density at radius 1 is 1.39 bits per heavy atom. The number of ether oxygens (including phenoxy) is 1. The van der Waals surface area contributed by atoms with Gasteiger partial charge in [-0.2, -0.15) is 0 Å². The van der Waals surface area contributed by atoms with Gasteiger partial charge in [-0.1, -0.05) is 12.1 Å². The highest BCUT2D eigenvalue weighted by Crippen LogP contribution is 2.13. The first-order valence-electron chi connectivity index (χ1n) is 6.20. The predicted octanol–water partition coefficient (Wildman–Crippen LogP) is 2.07. The SMILES string of the molecule is CNCc1cccc(OCCCn2ccnc2)c1. The topological polar surface area (TPSA) is 39.1 Å². The molecule has 0 aliphatic carbocycles. The summed E-state index contributed by atoms with van der Waals surface area (Å²) in [5.41, 5.74) is 1.24. The summed E-state index contributed by atoms with van der Waals surface area (Å²) in [6.45, 7) is 2.53. The second kappa shape index (κ2) is 6.81. The van der Waals surface area contributed by atoms with Crippen molar-refractivity contribution in [3.63, 3.8) is 0 Å². The summed E-state index contributed by atoms with van der Waals surface area (Å²) in [7, 11) is 1.94. The molecule has 4 nitrogen and oxygen atoms in total. The summed E-state index contributed by atoms with van der Waals surface area (Å²) >= 11 is 0. The van der Waals surface area contributed by atoms with Crippen molar-refractivity contribution in [1.29, 1.82) is 0 Å². The average Bonchev–Trinajstić information content (AvgIpc) is 2.89. The van der Waals surface area contributed by atoms with Crippen LogP contribution in [0.4, 0.5) is 0 Å². The van der Waals surface area contributed by atoms with E-state index in [1.807, 2.05) is 31.7 Å². The summed E-state index contributed by atoms with van der Waals surface area (Å²) in [5, 5.41) is 3.13. The molecule has 2 aromatic rings. The van der Waals surface area contributed by atoms with Crippen LogP contribution in [0.1, 0.15) is 12.0 Å². The molecule has 4 heteroatoms. The monoisotopic (exact) mass is 245 g/mol. The van der Waals surface area contributed by atoms with Crippen LogP contribution in [0.3, 0.4) is 0 Å². The van der Waals surface area contributed by atoms with Gasteiger partial charge in [-0.15, -0.1) is 0 Å². The molecule has 18 heavy (non-hydrogen) atoms. The van der Waals surface area contributed by atoms with Gasteiger partial charge in [0.15, 0.2) is 0 Å². The van der Waals surface area contributed by atoms with Crippen LogP contribution >= 0.6 is 0 Å². The Balaban J connectivity index is 1.74. The second-order valence-electron chi connectivity index (χ2n) is 4.18. The quantitative estimate of drug-likeness (QED) is 0.759. The van der Waals surface area contributed by atoms with E-state index in [4.69, 9.17) is 4.74 Å². The molecule has 1 aromatic carbocycles. The number of nitrogens with one attached hydrogen (secondary N) is 1. The Morgan fingerprint density at radius 3 is 3.11 bits per heavy atom. The lowest BCUT2D eigenvalue weighted by molar-refractivity contribution is 0.301. The van der Waals surface area contributed by atoms with Crippen molar-refractivity contribution in [3.05, 3.63) is 48.5 Å². The van der Waals surface area contributed by atoms with E-state index in [0.717, 1.165) is 31.9 Å². The fraction of sp³-hybridized carbons (Fsp3) is 0.357. The summed E-state index contributed by atoms with van der Waals surface area (Å²) < 4.78 is 7.79. The Hall–Kier alpha value is -1.81. The highest BCUT2D eigenvalue weighted by Gasteiger charge is 1.97. The molecule has 1 heterocycles. The number of aryl methyl sites for hydroxylation is 1. The summed E-state index contributed by atoms with van der Waals surface area (Å²) in [4.78, 5) is 4.01. The van der Waals surface area contributed by atoms with Gasteiger partial charge in [0.25, 0.3) is 0 Å². The minimum atomic E-state index is 0.723. The van der Waals surface area contributed by atoms with Crippen LogP contribution in [0.5, 0.6) is 5.75 Å². The molecule has 0 aliphatic rings. The van der Waals surface area contributed by atoms with E-state index in [0.29, 0.717) is 0 Å². The first-order chi connectivity index (χ1) is 8.88. The average molecular weight is 245 g/mol. The van der Waals surface area contributed by atoms with E-state index in [-0.39, 0.29) is 0 Å². The van der Waals surface area contributed by atoms with Gasteiger partial charge in [0, 0.05) is 25.5 Å². The smallest absolute Gasteiger partial charge is 0.119 e. The van der Waals surface area contributed by atoms with Crippen LogP contribution in [0, 0.1) is 0 Å². The van der Waals surface area contributed by atoms with E-state index in [9.17, 15) is 0 Å². The minimum Gasteiger partial charge on any atom is -0.494 e. The van der Waals surface area contributed by atoms with Gasteiger partial charge in [0.05, 0.1) is 12.9 Å². The lowest BCUT2D eigenvalue weighted by Crippen LogP contribution is -2.06. The first kappa shape index (κ1) is 12.6. The van der Waals surface area contributed by atoms with E-state index in [1.54, 1.807) is 6.20 Å². The third-order valence-electron chi connectivity index (χ3n) is 2.67. The third-order valence-corrected chi connectivity index (χ3v) is 2.67. The molecule has 0 fully saturated rings. The minimum absolute atomic E-state index is 0.723. The van der Waals surface area contributed by atoms with E-state index in [2.05, 4.69) is 27.0 Å². The highest BCUT2D eigenvalue weighted by molar-refractivity contribution is 5.28. The van der Waals surface area contributed by atoms with Crippen molar-refractivity contribution in [2.75, 3.05) is 13.7 Å². The standard InChI is InChI=1S/C14H19N3O/c1-15-11-13-4-2-5-14(10-13)18-9-3-7-17-8-6-16-12-17/h2,4-6,8,10,12,15H,3,7,9,11H2,1H3. The molecule has 0 radical (unpaired) electrons. The van der Waals surface area contributed by atoms with Gasteiger partial charge in [0.2, 0.25) is 0 Å². The van der Waals surface area contributed by atoms with Crippen LogP contribution in [0.15, 0.2) is 43.0 Å². The van der Waals surface area contributed by atoms with Crippen molar-refractivity contribution in [3.8, 4) is 5.75 Å². The van der Waals surface area contributed by atoms with Gasteiger partial charge in [-0.3, -0.25) is 0 Å². The predicted molar refractivity (Wildman–Crippen MR) is 71.5 cm³/mol. The number of hydrogen-bond acceptors (Lipinski definition) is 3. The maximum absolute atomic E-state index is 5.73. The van der Waals surface area contributed by atoms with E-state index in [1.165, 1.54) is 5.56 Å². The maximum Gasteiger partial charge on any atom is 0.119 e. The number of hydrogen-bond donors (Lipinski definition) is 1. The Kier molecular flexibility index (Phi) is 4.78. The fourth-order valence-electron chi connectivity index (χ4n) is 1.81. The lowest BCUT2D eigenvalue weighted by Gasteiger charge is -2.08. The summed E-state index contributed by atoms with van der Waals surface area (Å²) in [6.07, 6.45) is 6.57. The van der Waals surface area contributed by atoms with Gasteiger partial charge >= 0.3 is 0 Å². The molecule has 0 atom stereocenters. The Labute approximate surface area is 108 Å². The van der Waals surface area contributed by atoms with Crippen molar-refractivity contribution < 1.29 is 4.74 Å². The summed E-state index contributed by atoms with van der Waals surface area (Å²) in [6, 6.07) is 8.19. The van der Waals surface area contributed by atoms with Crippen molar-refractivity contribution in [1.82, 2.24) is 14.9 Å². The lowest BCUT2D eigenvalue weighted by atomic mass is 10.2. The molecular formula is C14H19N3O. The molecule has 0 saturated carbocycles. The molecule has 1 aromatic heterocycles. The molecule has 0 unspecified atom stereocenters. The molecule has 0 amide bonds.